The molecule has 0 fully saturated rings. The SMILES string of the molecule is CC(C)(C)[Si](C)(C)OC[C@@]12C=CC=C[C@@H]1C=CCC2. The number of rotatable bonds is 3. The van der Waals surface area contributed by atoms with Gasteiger partial charge in [0.25, 0.3) is 0 Å². The molecule has 1 nitrogen and oxygen atoms in total. The monoisotopic (exact) mass is 276 g/mol. The summed E-state index contributed by atoms with van der Waals surface area (Å²) in [5.41, 5.74) is 0.207. The Kier molecular flexibility index (Phi) is 3.94. The molecule has 0 N–H and O–H groups in total. The Hall–Kier alpha value is -0.603. The van der Waals surface area contributed by atoms with E-state index < -0.39 is 8.32 Å². The molecule has 0 amide bonds. The third kappa shape index (κ3) is 2.95. The molecule has 2 aliphatic carbocycles. The van der Waals surface area contributed by atoms with Crippen molar-refractivity contribution in [2.75, 3.05) is 6.61 Å². The van der Waals surface area contributed by atoms with Crippen LogP contribution in [0.4, 0.5) is 0 Å². The molecule has 0 saturated heterocycles. The van der Waals surface area contributed by atoms with Crippen molar-refractivity contribution in [1.82, 2.24) is 0 Å². The van der Waals surface area contributed by atoms with Gasteiger partial charge in [0.15, 0.2) is 8.32 Å². The summed E-state index contributed by atoms with van der Waals surface area (Å²) in [4.78, 5) is 0. The molecule has 2 atom stereocenters. The van der Waals surface area contributed by atoms with Gasteiger partial charge in [-0.1, -0.05) is 57.2 Å². The van der Waals surface area contributed by atoms with Gasteiger partial charge in [-0.3, -0.25) is 0 Å². The van der Waals surface area contributed by atoms with Crippen LogP contribution in [0.15, 0.2) is 36.5 Å². The van der Waals surface area contributed by atoms with Crippen molar-refractivity contribution in [3.63, 3.8) is 0 Å². The van der Waals surface area contributed by atoms with Crippen LogP contribution in [0.5, 0.6) is 0 Å². The van der Waals surface area contributed by atoms with Gasteiger partial charge >= 0.3 is 0 Å². The van der Waals surface area contributed by atoms with Crippen molar-refractivity contribution < 1.29 is 4.43 Å². The molecule has 0 saturated carbocycles. The van der Waals surface area contributed by atoms with Crippen LogP contribution in [0.1, 0.15) is 33.6 Å². The minimum atomic E-state index is -1.65. The summed E-state index contributed by atoms with van der Waals surface area (Å²) in [7, 11) is -1.65. The number of hydrogen-bond donors (Lipinski definition) is 0. The van der Waals surface area contributed by atoms with E-state index in [4.69, 9.17) is 4.43 Å². The molecule has 2 rings (SSSR count). The lowest BCUT2D eigenvalue weighted by Crippen LogP contribution is -2.45. The van der Waals surface area contributed by atoms with Crippen molar-refractivity contribution in [3.8, 4) is 0 Å². The molecule has 0 aromatic heterocycles. The van der Waals surface area contributed by atoms with E-state index in [0.717, 1.165) is 6.61 Å². The molecule has 0 aromatic carbocycles. The van der Waals surface area contributed by atoms with E-state index in [1.165, 1.54) is 12.8 Å². The Balaban J connectivity index is 2.12. The van der Waals surface area contributed by atoms with Gasteiger partial charge in [0.05, 0.1) is 0 Å². The van der Waals surface area contributed by atoms with Crippen LogP contribution in [0.2, 0.25) is 18.1 Å². The van der Waals surface area contributed by atoms with Crippen LogP contribution in [0.25, 0.3) is 0 Å². The predicted octanol–water partition coefficient (Wildman–Crippen LogP) is 5.09. The molecule has 2 heteroatoms. The van der Waals surface area contributed by atoms with Gasteiger partial charge in [0.1, 0.15) is 0 Å². The summed E-state index contributed by atoms with van der Waals surface area (Å²) < 4.78 is 6.51. The first-order chi connectivity index (χ1) is 8.77. The Bertz CT molecular complexity index is 411. The van der Waals surface area contributed by atoms with Crippen molar-refractivity contribution in [2.45, 2.75) is 51.7 Å². The van der Waals surface area contributed by atoms with Crippen molar-refractivity contribution >= 4 is 8.32 Å². The molecule has 2 aliphatic rings. The zero-order chi connectivity index (χ0) is 14.1. The maximum atomic E-state index is 6.51. The van der Waals surface area contributed by atoms with Gasteiger partial charge in [-0.25, -0.2) is 0 Å². The van der Waals surface area contributed by atoms with Gasteiger partial charge in [0.2, 0.25) is 0 Å². The average molecular weight is 276 g/mol. The van der Waals surface area contributed by atoms with E-state index in [9.17, 15) is 0 Å². The highest BCUT2D eigenvalue weighted by Crippen LogP contribution is 2.44. The summed E-state index contributed by atoms with van der Waals surface area (Å²) in [6.07, 6.45) is 16.1. The molecule has 0 aliphatic heterocycles. The zero-order valence-electron chi connectivity index (χ0n) is 13.1. The maximum Gasteiger partial charge on any atom is 0.192 e. The first kappa shape index (κ1) is 14.8. The Morgan fingerprint density at radius 3 is 2.63 bits per heavy atom. The fourth-order valence-corrected chi connectivity index (χ4v) is 3.64. The first-order valence-corrected chi connectivity index (χ1v) is 10.3. The molecule has 0 unspecified atom stereocenters. The van der Waals surface area contributed by atoms with Gasteiger partial charge < -0.3 is 4.43 Å². The van der Waals surface area contributed by atoms with Crippen molar-refractivity contribution in [1.29, 1.82) is 0 Å². The number of allylic oxidation sites excluding steroid dienone is 5. The molecular formula is C17H28OSi. The molecule has 0 radical (unpaired) electrons. The highest BCUT2D eigenvalue weighted by molar-refractivity contribution is 6.74. The number of fused-ring (bicyclic) bond motifs is 1. The van der Waals surface area contributed by atoms with Crippen LogP contribution >= 0.6 is 0 Å². The van der Waals surface area contributed by atoms with E-state index >= 15 is 0 Å². The molecular weight excluding hydrogens is 248 g/mol. The molecule has 19 heavy (non-hydrogen) atoms. The molecule has 0 bridgehead atoms. The van der Waals surface area contributed by atoms with Crippen molar-refractivity contribution in [3.05, 3.63) is 36.5 Å². The van der Waals surface area contributed by atoms with E-state index in [0.29, 0.717) is 5.92 Å². The van der Waals surface area contributed by atoms with E-state index in [2.05, 4.69) is 70.3 Å². The predicted molar refractivity (Wildman–Crippen MR) is 85.7 cm³/mol. The Morgan fingerprint density at radius 2 is 1.95 bits per heavy atom. The summed E-state index contributed by atoms with van der Waals surface area (Å²) in [5.74, 6) is 0.524. The van der Waals surface area contributed by atoms with Gasteiger partial charge in [0, 0.05) is 17.9 Å². The van der Waals surface area contributed by atoms with Crippen LogP contribution in [0.3, 0.4) is 0 Å². The van der Waals surface area contributed by atoms with Crippen LogP contribution in [-0.2, 0) is 4.43 Å². The van der Waals surface area contributed by atoms with E-state index in [-0.39, 0.29) is 10.5 Å². The van der Waals surface area contributed by atoms with Gasteiger partial charge in [-0.15, -0.1) is 0 Å². The van der Waals surface area contributed by atoms with Gasteiger partial charge in [-0.2, -0.15) is 0 Å². The summed E-state index contributed by atoms with van der Waals surface area (Å²) in [6, 6.07) is 0. The fraction of sp³-hybridized carbons (Fsp3) is 0.647. The molecule has 0 aromatic rings. The zero-order valence-corrected chi connectivity index (χ0v) is 14.1. The second-order valence-corrected chi connectivity index (χ2v) is 12.3. The minimum Gasteiger partial charge on any atom is -0.416 e. The minimum absolute atomic E-state index is 0.207. The smallest absolute Gasteiger partial charge is 0.192 e. The standard InChI is InChI=1S/C17H28OSi/c1-16(2,3)19(4,5)18-14-17-12-8-6-10-15(17)11-7-9-13-17/h6-8,10-12,15H,9,13-14H2,1-5H3/t15-,17+/m1/s1. The third-order valence-electron chi connectivity index (χ3n) is 5.15. The highest BCUT2D eigenvalue weighted by atomic mass is 28.4. The summed E-state index contributed by atoms with van der Waals surface area (Å²) in [5, 5.41) is 0.290. The molecule has 106 valence electrons. The van der Waals surface area contributed by atoms with Crippen molar-refractivity contribution in [2.24, 2.45) is 11.3 Å². The summed E-state index contributed by atoms with van der Waals surface area (Å²) in [6.45, 7) is 12.5. The van der Waals surface area contributed by atoms with Crippen LogP contribution < -0.4 is 0 Å². The van der Waals surface area contributed by atoms with Gasteiger partial charge in [-0.05, 0) is 31.0 Å². The highest BCUT2D eigenvalue weighted by Gasteiger charge is 2.42. The average Bonchev–Trinajstić information content (AvgIpc) is 2.35. The number of hydrogen-bond acceptors (Lipinski definition) is 1. The maximum absolute atomic E-state index is 6.51. The molecule has 0 spiro atoms. The third-order valence-corrected chi connectivity index (χ3v) is 9.63. The van der Waals surface area contributed by atoms with E-state index in [1.54, 1.807) is 0 Å². The van der Waals surface area contributed by atoms with E-state index in [1.807, 2.05) is 0 Å². The quantitative estimate of drug-likeness (QED) is 0.515. The normalized spacial score (nSPS) is 30.5. The fourth-order valence-electron chi connectivity index (χ4n) is 2.58. The second-order valence-electron chi connectivity index (χ2n) is 7.52. The lowest BCUT2D eigenvalue weighted by molar-refractivity contribution is 0.135. The largest absolute Gasteiger partial charge is 0.416 e. The second kappa shape index (κ2) is 5.06. The lowest BCUT2D eigenvalue weighted by atomic mass is 9.68. The topological polar surface area (TPSA) is 9.23 Å². The Labute approximate surface area is 119 Å². The Morgan fingerprint density at radius 1 is 1.21 bits per heavy atom. The van der Waals surface area contributed by atoms with Crippen LogP contribution in [0, 0.1) is 11.3 Å². The van der Waals surface area contributed by atoms with Crippen LogP contribution in [-0.4, -0.2) is 14.9 Å². The summed E-state index contributed by atoms with van der Waals surface area (Å²) >= 11 is 0. The lowest BCUT2D eigenvalue weighted by Gasteiger charge is -2.44. The first-order valence-electron chi connectivity index (χ1n) is 7.44. The molecule has 0 heterocycles.